The predicted octanol–water partition coefficient (Wildman–Crippen LogP) is 5.40. The summed E-state index contributed by atoms with van der Waals surface area (Å²) in [6.45, 7) is 2.25. The molecule has 0 aromatic heterocycles. The van der Waals surface area contributed by atoms with Gasteiger partial charge >= 0.3 is 5.97 Å². The van der Waals surface area contributed by atoms with E-state index in [2.05, 4.69) is 15.9 Å². The predicted molar refractivity (Wildman–Crippen MR) is 95.6 cm³/mol. The summed E-state index contributed by atoms with van der Waals surface area (Å²) >= 11 is 9.62. The molecule has 3 nitrogen and oxygen atoms in total. The van der Waals surface area contributed by atoms with Crippen molar-refractivity contribution in [3.05, 3.63) is 68.9 Å². The smallest absolute Gasteiger partial charge is 0.330 e. The van der Waals surface area contributed by atoms with Crippen LogP contribution in [0, 0.1) is 5.82 Å². The summed E-state index contributed by atoms with van der Waals surface area (Å²) in [5.41, 5.74) is 1.42. The van der Waals surface area contributed by atoms with Crippen molar-refractivity contribution in [2.75, 3.05) is 6.61 Å². The van der Waals surface area contributed by atoms with Crippen molar-refractivity contribution in [2.24, 2.45) is 0 Å². The van der Waals surface area contributed by atoms with Gasteiger partial charge in [-0.15, -0.1) is 0 Å². The molecule has 0 aliphatic rings. The van der Waals surface area contributed by atoms with Crippen molar-refractivity contribution in [1.82, 2.24) is 0 Å². The van der Waals surface area contributed by atoms with E-state index in [-0.39, 0.29) is 12.4 Å². The van der Waals surface area contributed by atoms with Crippen LogP contribution in [0.25, 0.3) is 6.08 Å². The number of hydrogen-bond acceptors (Lipinski definition) is 3. The van der Waals surface area contributed by atoms with Crippen LogP contribution in [0.5, 0.6) is 5.75 Å². The number of benzene rings is 2. The van der Waals surface area contributed by atoms with E-state index in [9.17, 15) is 9.18 Å². The Labute approximate surface area is 153 Å². The maximum absolute atomic E-state index is 13.2. The average molecular weight is 414 g/mol. The fraction of sp³-hybridized carbons (Fsp3) is 0.167. The lowest BCUT2D eigenvalue weighted by Crippen LogP contribution is -1.99. The van der Waals surface area contributed by atoms with Crippen molar-refractivity contribution in [1.29, 1.82) is 0 Å². The third-order valence-corrected chi connectivity index (χ3v) is 3.86. The highest BCUT2D eigenvalue weighted by atomic mass is 79.9. The summed E-state index contributed by atoms with van der Waals surface area (Å²) in [4.78, 5) is 11.3. The Morgan fingerprint density at radius 3 is 2.79 bits per heavy atom. The van der Waals surface area contributed by atoms with Gasteiger partial charge in [-0.25, -0.2) is 9.18 Å². The Kier molecular flexibility index (Phi) is 6.82. The van der Waals surface area contributed by atoms with Crippen LogP contribution in [0.3, 0.4) is 0 Å². The Morgan fingerprint density at radius 1 is 1.33 bits per heavy atom. The lowest BCUT2D eigenvalue weighted by Gasteiger charge is -2.11. The summed E-state index contributed by atoms with van der Waals surface area (Å²) in [5.74, 6) is -0.286. The Bertz CT molecular complexity index is 739. The van der Waals surface area contributed by atoms with Gasteiger partial charge in [0, 0.05) is 6.08 Å². The van der Waals surface area contributed by atoms with E-state index in [1.807, 2.05) is 0 Å². The van der Waals surface area contributed by atoms with Crippen LogP contribution in [-0.4, -0.2) is 12.6 Å². The molecule has 0 saturated heterocycles. The maximum atomic E-state index is 13.2. The SMILES string of the molecule is CCOC(=O)/C=C/c1cc(Cl)c(OCc2cccc(F)c2)c(Br)c1. The zero-order chi connectivity index (χ0) is 17.5. The molecule has 0 amide bonds. The molecule has 0 aliphatic heterocycles. The number of rotatable bonds is 6. The van der Waals surface area contributed by atoms with Crippen LogP contribution in [-0.2, 0) is 16.1 Å². The summed E-state index contributed by atoms with van der Waals surface area (Å²) in [5, 5.41) is 0.379. The summed E-state index contributed by atoms with van der Waals surface area (Å²) in [7, 11) is 0. The van der Waals surface area contributed by atoms with Gasteiger partial charge in [0.1, 0.15) is 12.4 Å². The quantitative estimate of drug-likeness (QED) is 0.470. The van der Waals surface area contributed by atoms with Crippen LogP contribution in [0.2, 0.25) is 5.02 Å². The highest BCUT2D eigenvalue weighted by Crippen LogP contribution is 2.35. The number of halogens is 3. The Balaban J connectivity index is 2.10. The second kappa shape index (κ2) is 8.85. The molecule has 0 bridgehead atoms. The van der Waals surface area contributed by atoms with Gasteiger partial charge in [0.25, 0.3) is 0 Å². The lowest BCUT2D eigenvalue weighted by molar-refractivity contribution is -0.137. The van der Waals surface area contributed by atoms with Crippen LogP contribution >= 0.6 is 27.5 Å². The molecule has 0 radical (unpaired) electrons. The molecule has 0 N–H and O–H groups in total. The minimum absolute atomic E-state index is 0.189. The van der Waals surface area contributed by atoms with E-state index >= 15 is 0 Å². The molecule has 0 unspecified atom stereocenters. The van der Waals surface area contributed by atoms with Crippen molar-refractivity contribution >= 4 is 39.6 Å². The molecular formula is C18H15BrClFO3. The first kappa shape index (κ1) is 18.5. The van der Waals surface area contributed by atoms with Crippen LogP contribution in [0.15, 0.2) is 46.9 Å². The maximum Gasteiger partial charge on any atom is 0.330 e. The molecular weight excluding hydrogens is 399 g/mol. The lowest BCUT2D eigenvalue weighted by atomic mass is 10.2. The Hall–Kier alpha value is -1.85. The van der Waals surface area contributed by atoms with Gasteiger partial charge in [0.05, 0.1) is 16.1 Å². The highest BCUT2D eigenvalue weighted by Gasteiger charge is 2.09. The molecule has 0 spiro atoms. The average Bonchev–Trinajstić information content (AvgIpc) is 2.52. The Morgan fingerprint density at radius 2 is 2.12 bits per heavy atom. The van der Waals surface area contributed by atoms with Crippen LogP contribution < -0.4 is 4.74 Å². The first-order valence-electron chi connectivity index (χ1n) is 7.20. The standard InChI is InChI=1S/C18H15BrClFO3/c1-2-23-17(22)7-6-12-9-15(19)18(16(20)10-12)24-11-13-4-3-5-14(21)8-13/h3-10H,2,11H2,1H3/b7-6+. The molecule has 126 valence electrons. The van der Waals surface area contributed by atoms with Gasteiger partial charge < -0.3 is 9.47 Å². The van der Waals surface area contributed by atoms with Crippen molar-refractivity contribution in [2.45, 2.75) is 13.5 Å². The van der Waals surface area contributed by atoms with Gasteiger partial charge in [-0.05, 0) is 64.3 Å². The van der Waals surface area contributed by atoms with Gasteiger partial charge in [0.15, 0.2) is 5.75 Å². The van der Waals surface area contributed by atoms with Crippen LogP contribution in [0.1, 0.15) is 18.1 Å². The summed E-state index contributed by atoms with van der Waals surface area (Å²) < 4.78 is 24.3. The minimum Gasteiger partial charge on any atom is -0.486 e. The number of esters is 1. The first-order valence-corrected chi connectivity index (χ1v) is 8.38. The van der Waals surface area contributed by atoms with E-state index in [0.717, 1.165) is 5.56 Å². The second-order valence-corrected chi connectivity index (χ2v) is 6.08. The monoisotopic (exact) mass is 412 g/mol. The molecule has 0 aliphatic carbocycles. The zero-order valence-corrected chi connectivity index (χ0v) is 15.2. The molecule has 2 aromatic carbocycles. The number of ether oxygens (including phenoxy) is 2. The van der Waals surface area contributed by atoms with E-state index in [1.165, 1.54) is 18.2 Å². The first-order chi connectivity index (χ1) is 11.5. The van der Waals surface area contributed by atoms with Gasteiger partial charge in [-0.2, -0.15) is 0 Å². The van der Waals surface area contributed by atoms with Crippen LogP contribution in [0.4, 0.5) is 4.39 Å². The van der Waals surface area contributed by atoms with Crippen molar-refractivity contribution in [3.63, 3.8) is 0 Å². The minimum atomic E-state index is -0.420. The van der Waals surface area contributed by atoms with Gasteiger partial charge in [0.2, 0.25) is 0 Å². The fourth-order valence-electron chi connectivity index (χ4n) is 1.95. The zero-order valence-electron chi connectivity index (χ0n) is 12.9. The largest absolute Gasteiger partial charge is 0.486 e. The van der Waals surface area contributed by atoms with E-state index in [4.69, 9.17) is 21.1 Å². The topological polar surface area (TPSA) is 35.5 Å². The van der Waals surface area contributed by atoms with E-state index in [1.54, 1.807) is 37.3 Å². The molecule has 24 heavy (non-hydrogen) atoms. The van der Waals surface area contributed by atoms with E-state index < -0.39 is 5.97 Å². The highest BCUT2D eigenvalue weighted by molar-refractivity contribution is 9.10. The van der Waals surface area contributed by atoms with Gasteiger partial charge in [-0.1, -0.05) is 23.7 Å². The summed E-state index contributed by atoms with van der Waals surface area (Å²) in [6.07, 6.45) is 2.93. The molecule has 2 aromatic rings. The summed E-state index contributed by atoms with van der Waals surface area (Å²) in [6, 6.07) is 9.59. The molecule has 0 fully saturated rings. The number of carbonyl (C=O) groups is 1. The third-order valence-electron chi connectivity index (χ3n) is 2.99. The molecule has 2 rings (SSSR count). The number of carbonyl (C=O) groups excluding carboxylic acids is 1. The molecule has 6 heteroatoms. The van der Waals surface area contributed by atoms with E-state index in [0.29, 0.717) is 27.4 Å². The van der Waals surface area contributed by atoms with Gasteiger partial charge in [-0.3, -0.25) is 0 Å². The molecule has 0 saturated carbocycles. The number of hydrogen-bond donors (Lipinski definition) is 0. The van der Waals surface area contributed by atoms with Crippen molar-refractivity contribution in [3.8, 4) is 5.75 Å². The third kappa shape index (κ3) is 5.35. The second-order valence-electron chi connectivity index (χ2n) is 4.82. The normalized spacial score (nSPS) is 10.8. The molecule has 0 atom stereocenters. The fourth-order valence-corrected chi connectivity index (χ4v) is 2.94. The molecule has 0 heterocycles. The van der Waals surface area contributed by atoms with Crippen molar-refractivity contribution < 1.29 is 18.7 Å².